The topological polar surface area (TPSA) is 75.6 Å². The molecule has 0 heterocycles. The third-order valence-electron chi connectivity index (χ3n) is 3.06. The van der Waals surface area contributed by atoms with Crippen LogP contribution in [0.5, 0.6) is 5.75 Å². The quantitative estimate of drug-likeness (QED) is 0.846. The van der Waals surface area contributed by atoms with Crippen LogP contribution in [0.1, 0.15) is 23.2 Å². The first kappa shape index (κ1) is 13.3. The number of carbonyl (C=O) groups is 2. The Kier molecular flexibility index (Phi) is 3.69. The van der Waals surface area contributed by atoms with Gasteiger partial charge in [-0.25, -0.2) is 9.18 Å². The maximum Gasteiger partial charge on any atom is 0.326 e. The Bertz CT molecular complexity index is 513. The molecule has 1 fully saturated rings. The Morgan fingerprint density at radius 3 is 2.68 bits per heavy atom. The van der Waals surface area contributed by atoms with Gasteiger partial charge in [0.1, 0.15) is 6.04 Å². The monoisotopic (exact) mass is 267 g/mol. The summed E-state index contributed by atoms with van der Waals surface area (Å²) in [5, 5.41) is 11.5. The number of amides is 1. The number of aliphatic carboxylic acids is 1. The van der Waals surface area contributed by atoms with Crippen LogP contribution in [0, 0.1) is 11.7 Å². The lowest BCUT2D eigenvalue weighted by molar-refractivity contribution is -0.139. The van der Waals surface area contributed by atoms with Crippen molar-refractivity contribution in [3.8, 4) is 5.75 Å². The van der Waals surface area contributed by atoms with E-state index < -0.39 is 23.7 Å². The summed E-state index contributed by atoms with van der Waals surface area (Å²) in [5.41, 5.74) is 0.171. The number of methoxy groups -OCH3 is 1. The van der Waals surface area contributed by atoms with Crippen molar-refractivity contribution in [2.24, 2.45) is 5.92 Å². The molecule has 0 saturated heterocycles. The van der Waals surface area contributed by atoms with Crippen molar-refractivity contribution in [1.82, 2.24) is 5.32 Å². The van der Waals surface area contributed by atoms with Gasteiger partial charge in [-0.15, -0.1) is 0 Å². The zero-order valence-corrected chi connectivity index (χ0v) is 10.4. The predicted octanol–water partition coefficient (Wildman–Crippen LogP) is 1.43. The number of hydrogen-bond acceptors (Lipinski definition) is 3. The molecule has 5 nitrogen and oxygen atoms in total. The smallest absolute Gasteiger partial charge is 0.326 e. The van der Waals surface area contributed by atoms with E-state index >= 15 is 0 Å². The van der Waals surface area contributed by atoms with Gasteiger partial charge >= 0.3 is 5.97 Å². The standard InChI is InChI=1S/C13H14FNO4/c1-19-10-6-8(4-5-9(10)14)12(16)15-11(13(17)18)7-2-3-7/h4-7,11H,2-3H2,1H3,(H,15,16)(H,17,18). The molecule has 6 heteroatoms. The predicted molar refractivity (Wildman–Crippen MR) is 64.6 cm³/mol. The molecule has 0 aromatic heterocycles. The average molecular weight is 267 g/mol. The highest BCUT2D eigenvalue weighted by atomic mass is 19.1. The van der Waals surface area contributed by atoms with Crippen molar-refractivity contribution >= 4 is 11.9 Å². The fourth-order valence-corrected chi connectivity index (χ4v) is 1.84. The normalized spacial score (nSPS) is 15.7. The summed E-state index contributed by atoms with van der Waals surface area (Å²) in [6.07, 6.45) is 1.59. The minimum atomic E-state index is -1.05. The molecule has 1 atom stereocenters. The van der Waals surface area contributed by atoms with Gasteiger partial charge in [-0.3, -0.25) is 4.79 Å². The molecule has 0 bridgehead atoms. The number of rotatable bonds is 5. The van der Waals surface area contributed by atoms with Gasteiger partial charge in [-0.05, 0) is 37.0 Å². The van der Waals surface area contributed by atoms with Gasteiger partial charge in [-0.2, -0.15) is 0 Å². The second-order valence-electron chi connectivity index (χ2n) is 4.48. The van der Waals surface area contributed by atoms with Gasteiger partial charge in [0.15, 0.2) is 11.6 Å². The molecule has 1 aromatic rings. The summed E-state index contributed by atoms with van der Waals surface area (Å²) in [6.45, 7) is 0. The van der Waals surface area contributed by atoms with Crippen molar-refractivity contribution in [1.29, 1.82) is 0 Å². The third-order valence-corrected chi connectivity index (χ3v) is 3.06. The highest BCUT2D eigenvalue weighted by Crippen LogP contribution is 2.33. The van der Waals surface area contributed by atoms with Gasteiger partial charge < -0.3 is 15.2 Å². The first-order valence-corrected chi connectivity index (χ1v) is 5.90. The Labute approximate surface area is 109 Å². The Morgan fingerprint density at radius 2 is 2.16 bits per heavy atom. The van der Waals surface area contributed by atoms with Crippen molar-refractivity contribution < 1.29 is 23.8 Å². The molecule has 2 rings (SSSR count). The lowest BCUT2D eigenvalue weighted by Crippen LogP contribution is -2.42. The van der Waals surface area contributed by atoms with E-state index in [2.05, 4.69) is 5.32 Å². The molecule has 19 heavy (non-hydrogen) atoms. The largest absolute Gasteiger partial charge is 0.494 e. The fraction of sp³-hybridized carbons (Fsp3) is 0.385. The fourth-order valence-electron chi connectivity index (χ4n) is 1.84. The Hall–Kier alpha value is -2.11. The summed E-state index contributed by atoms with van der Waals surface area (Å²) in [5.74, 6) is -2.23. The molecule has 1 saturated carbocycles. The highest BCUT2D eigenvalue weighted by molar-refractivity contribution is 5.97. The molecule has 0 spiro atoms. The first-order chi connectivity index (χ1) is 9.02. The number of carbonyl (C=O) groups excluding carboxylic acids is 1. The van der Waals surface area contributed by atoms with E-state index in [1.165, 1.54) is 19.2 Å². The molecular formula is C13H14FNO4. The summed E-state index contributed by atoms with van der Waals surface area (Å²) in [7, 11) is 1.30. The molecule has 1 aliphatic carbocycles. The third kappa shape index (κ3) is 3.01. The summed E-state index contributed by atoms with van der Waals surface area (Å²) in [6, 6.07) is 2.76. The molecule has 0 aliphatic heterocycles. The van der Waals surface area contributed by atoms with Crippen molar-refractivity contribution in [2.45, 2.75) is 18.9 Å². The first-order valence-electron chi connectivity index (χ1n) is 5.90. The molecule has 0 radical (unpaired) electrons. The van der Waals surface area contributed by atoms with E-state index in [1.807, 2.05) is 0 Å². The van der Waals surface area contributed by atoms with Gasteiger partial charge in [-0.1, -0.05) is 0 Å². The van der Waals surface area contributed by atoms with Crippen molar-refractivity contribution in [2.75, 3.05) is 7.11 Å². The summed E-state index contributed by atoms with van der Waals surface area (Å²) < 4.78 is 18.0. The van der Waals surface area contributed by atoms with Crippen molar-refractivity contribution in [3.05, 3.63) is 29.6 Å². The van der Waals surface area contributed by atoms with Gasteiger partial charge in [0, 0.05) is 5.56 Å². The van der Waals surface area contributed by atoms with E-state index in [0.717, 1.165) is 18.9 Å². The maximum absolute atomic E-state index is 13.2. The SMILES string of the molecule is COc1cc(C(=O)NC(C(=O)O)C2CC2)ccc1F. The van der Waals surface area contributed by atoms with Crippen LogP contribution in [0.25, 0.3) is 0 Å². The van der Waals surface area contributed by atoms with Crippen LogP contribution in [0.3, 0.4) is 0 Å². The van der Waals surface area contributed by atoms with E-state index in [9.17, 15) is 14.0 Å². The zero-order valence-electron chi connectivity index (χ0n) is 10.4. The second-order valence-corrected chi connectivity index (χ2v) is 4.48. The average Bonchev–Trinajstić information content (AvgIpc) is 3.20. The molecular weight excluding hydrogens is 253 g/mol. The summed E-state index contributed by atoms with van der Waals surface area (Å²) in [4.78, 5) is 22.9. The van der Waals surface area contributed by atoms with Gasteiger partial charge in [0.25, 0.3) is 5.91 Å². The van der Waals surface area contributed by atoms with Gasteiger partial charge in [0.05, 0.1) is 7.11 Å². The Morgan fingerprint density at radius 1 is 1.47 bits per heavy atom. The van der Waals surface area contributed by atoms with Gasteiger partial charge in [0.2, 0.25) is 0 Å². The molecule has 1 aromatic carbocycles. The number of carboxylic acids is 1. The molecule has 1 amide bonds. The van der Waals surface area contributed by atoms with Crippen LogP contribution in [0.2, 0.25) is 0 Å². The lowest BCUT2D eigenvalue weighted by atomic mass is 10.1. The number of nitrogens with one attached hydrogen (secondary N) is 1. The van der Waals surface area contributed by atoms with Crippen molar-refractivity contribution in [3.63, 3.8) is 0 Å². The van der Waals surface area contributed by atoms with E-state index in [1.54, 1.807) is 0 Å². The number of ether oxygens (including phenoxy) is 1. The number of carboxylic acid groups (broad SMARTS) is 1. The maximum atomic E-state index is 13.2. The van der Waals surface area contributed by atoms with E-state index in [0.29, 0.717) is 0 Å². The van der Waals surface area contributed by atoms with Crippen LogP contribution in [-0.2, 0) is 4.79 Å². The molecule has 102 valence electrons. The lowest BCUT2D eigenvalue weighted by Gasteiger charge is -2.14. The van der Waals surface area contributed by atoms with Crippen LogP contribution >= 0.6 is 0 Å². The second kappa shape index (κ2) is 5.26. The zero-order chi connectivity index (χ0) is 14.0. The molecule has 1 aliphatic rings. The summed E-state index contributed by atoms with van der Waals surface area (Å²) >= 11 is 0. The van der Waals surface area contributed by atoms with E-state index in [-0.39, 0.29) is 17.2 Å². The van der Waals surface area contributed by atoms with Crippen LogP contribution in [0.4, 0.5) is 4.39 Å². The Balaban J connectivity index is 2.12. The van der Waals surface area contributed by atoms with E-state index in [4.69, 9.17) is 9.84 Å². The van der Waals surface area contributed by atoms with Crippen LogP contribution < -0.4 is 10.1 Å². The molecule has 2 N–H and O–H groups in total. The highest BCUT2D eigenvalue weighted by Gasteiger charge is 2.37. The number of hydrogen-bond donors (Lipinski definition) is 2. The number of halogens is 1. The minimum Gasteiger partial charge on any atom is -0.494 e. The molecule has 1 unspecified atom stereocenters. The number of benzene rings is 1. The minimum absolute atomic E-state index is 0.0104. The van der Waals surface area contributed by atoms with Crippen LogP contribution in [0.15, 0.2) is 18.2 Å². The van der Waals surface area contributed by atoms with Crippen LogP contribution in [-0.4, -0.2) is 30.1 Å².